The van der Waals surface area contributed by atoms with Gasteiger partial charge in [0.05, 0.1) is 22.5 Å². The van der Waals surface area contributed by atoms with Crippen LogP contribution in [-0.4, -0.2) is 55.3 Å². The van der Waals surface area contributed by atoms with Gasteiger partial charge in [-0.25, -0.2) is 9.97 Å². The summed E-state index contributed by atoms with van der Waals surface area (Å²) in [6.45, 7) is 2.98. The first kappa shape index (κ1) is 15.8. The first-order valence-electron chi connectivity index (χ1n) is 8.91. The van der Waals surface area contributed by atoms with Gasteiger partial charge < -0.3 is 15.2 Å². The van der Waals surface area contributed by atoms with Crippen molar-refractivity contribution in [1.82, 2.24) is 35.3 Å². The van der Waals surface area contributed by atoms with E-state index in [9.17, 15) is 0 Å². The highest BCUT2D eigenvalue weighted by molar-refractivity contribution is 8.08. The molecule has 2 aliphatic rings. The molecule has 134 valence electrons. The molecule has 0 aliphatic carbocycles. The molecular weight excluding hydrogens is 348 g/mol. The van der Waals surface area contributed by atoms with Crippen LogP contribution >= 0.6 is 11.8 Å². The van der Waals surface area contributed by atoms with E-state index in [1.165, 1.54) is 0 Å². The van der Waals surface area contributed by atoms with Crippen LogP contribution in [0.25, 0.3) is 15.9 Å². The second-order valence-electron chi connectivity index (χ2n) is 6.50. The molecule has 0 saturated carbocycles. The van der Waals surface area contributed by atoms with Crippen LogP contribution in [0.2, 0.25) is 0 Å². The Balaban J connectivity index is 1.44. The number of H-pyrrole nitrogens is 1. The second-order valence-corrected chi connectivity index (χ2v) is 7.64. The summed E-state index contributed by atoms with van der Waals surface area (Å²) in [5.41, 5.74) is 1.80. The van der Waals surface area contributed by atoms with Crippen LogP contribution < -0.4 is 10.2 Å². The normalized spacial score (nSPS) is 19.1. The summed E-state index contributed by atoms with van der Waals surface area (Å²) in [6, 6.07) is 2.42. The van der Waals surface area contributed by atoms with Crippen LogP contribution in [-0.2, 0) is 0 Å². The van der Waals surface area contributed by atoms with Crippen LogP contribution in [0.4, 0.5) is 5.82 Å². The molecule has 1 saturated heterocycles. The molecule has 3 aromatic heterocycles. The van der Waals surface area contributed by atoms with Crippen molar-refractivity contribution < 1.29 is 0 Å². The number of hydrogen-bond donors (Lipinski definition) is 2. The van der Waals surface area contributed by atoms with Crippen molar-refractivity contribution in [3.8, 4) is 0 Å². The zero-order valence-electron chi connectivity index (χ0n) is 14.3. The zero-order chi connectivity index (χ0) is 17.3. The van der Waals surface area contributed by atoms with Gasteiger partial charge in [0.2, 0.25) is 0 Å². The number of aromatic nitrogens is 6. The SMILES string of the molecule is C1=C(c2cnn(C3CCNCC3)n2)SCCN1c1ncnc2[nH]ccc12. The van der Waals surface area contributed by atoms with E-state index in [0.29, 0.717) is 6.04 Å². The van der Waals surface area contributed by atoms with Crippen molar-refractivity contribution in [2.24, 2.45) is 0 Å². The van der Waals surface area contributed by atoms with Crippen LogP contribution in [0.15, 0.2) is 31.0 Å². The van der Waals surface area contributed by atoms with Gasteiger partial charge in [-0.1, -0.05) is 0 Å². The Bertz CT molecular complexity index is 939. The lowest BCUT2D eigenvalue weighted by molar-refractivity contribution is 0.313. The summed E-state index contributed by atoms with van der Waals surface area (Å²) >= 11 is 1.82. The van der Waals surface area contributed by atoms with E-state index < -0.39 is 0 Å². The molecule has 8 nitrogen and oxygen atoms in total. The van der Waals surface area contributed by atoms with Gasteiger partial charge in [-0.3, -0.25) is 0 Å². The molecule has 0 radical (unpaired) electrons. The topological polar surface area (TPSA) is 87.6 Å². The number of fused-ring (bicyclic) bond motifs is 1. The maximum Gasteiger partial charge on any atom is 0.145 e. The number of thioether (sulfide) groups is 1. The lowest BCUT2D eigenvalue weighted by Gasteiger charge is -2.25. The molecule has 9 heteroatoms. The molecule has 0 atom stereocenters. The summed E-state index contributed by atoms with van der Waals surface area (Å²) in [4.78, 5) is 17.1. The van der Waals surface area contributed by atoms with E-state index in [1.54, 1.807) is 6.33 Å². The largest absolute Gasteiger partial charge is 0.346 e. The molecule has 5 heterocycles. The second kappa shape index (κ2) is 6.73. The fourth-order valence-corrected chi connectivity index (χ4v) is 4.45. The van der Waals surface area contributed by atoms with Gasteiger partial charge in [0.1, 0.15) is 23.5 Å². The van der Waals surface area contributed by atoms with Crippen molar-refractivity contribution in [1.29, 1.82) is 0 Å². The molecule has 0 unspecified atom stereocenters. The number of rotatable bonds is 3. The quantitative estimate of drug-likeness (QED) is 0.731. The van der Waals surface area contributed by atoms with Gasteiger partial charge in [-0.15, -0.1) is 11.8 Å². The molecule has 2 aliphatic heterocycles. The van der Waals surface area contributed by atoms with Crippen LogP contribution in [0.1, 0.15) is 24.6 Å². The van der Waals surface area contributed by atoms with E-state index >= 15 is 0 Å². The van der Waals surface area contributed by atoms with Gasteiger partial charge in [-0.05, 0) is 32.0 Å². The van der Waals surface area contributed by atoms with E-state index in [2.05, 4.69) is 36.5 Å². The molecule has 0 aromatic carbocycles. The third kappa shape index (κ3) is 2.86. The number of nitrogens with one attached hydrogen (secondary N) is 2. The highest BCUT2D eigenvalue weighted by Crippen LogP contribution is 2.33. The number of nitrogens with zero attached hydrogens (tertiary/aromatic N) is 6. The van der Waals surface area contributed by atoms with Crippen molar-refractivity contribution in [3.63, 3.8) is 0 Å². The Morgan fingerprint density at radius 2 is 2.12 bits per heavy atom. The minimum atomic E-state index is 0.400. The molecular formula is C17H20N8S. The lowest BCUT2D eigenvalue weighted by Crippen LogP contribution is -2.30. The van der Waals surface area contributed by atoms with Crippen LogP contribution in [0, 0.1) is 0 Å². The van der Waals surface area contributed by atoms with Crippen LogP contribution in [0.5, 0.6) is 0 Å². The number of aromatic amines is 1. The fourth-order valence-electron chi connectivity index (χ4n) is 3.49. The molecule has 1 fully saturated rings. The van der Waals surface area contributed by atoms with Crippen LogP contribution in [0.3, 0.4) is 0 Å². The Labute approximate surface area is 155 Å². The molecule has 5 rings (SSSR count). The van der Waals surface area contributed by atoms with Gasteiger partial charge in [0.15, 0.2) is 0 Å². The summed E-state index contributed by atoms with van der Waals surface area (Å²) < 4.78 is 0. The third-order valence-corrected chi connectivity index (χ3v) is 5.88. The number of hydrogen-bond acceptors (Lipinski definition) is 7. The Hall–Kier alpha value is -2.39. The van der Waals surface area contributed by atoms with Crippen molar-refractivity contribution in [2.75, 3.05) is 30.3 Å². The summed E-state index contributed by atoms with van der Waals surface area (Å²) in [5.74, 6) is 1.92. The average Bonchev–Trinajstić information content (AvgIpc) is 3.38. The molecule has 0 spiro atoms. The first-order valence-corrected chi connectivity index (χ1v) is 9.89. The summed E-state index contributed by atoms with van der Waals surface area (Å²) in [6.07, 6.45) is 9.70. The van der Waals surface area contributed by atoms with Gasteiger partial charge in [-0.2, -0.15) is 15.0 Å². The van der Waals surface area contributed by atoms with Gasteiger partial charge >= 0.3 is 0 Å². The minimum Gasteiger partial charge on any atom is -0.346 e. The maximum atomic E-state index is 4.76. The predicted molar refractivity (Wildman–Crippen MR) is 103 cm³/mol. The summed E-state index contributed by atoms with van der Waals surface area (Å²) in [5, 5.41) is 13.7. The molecule has 0 amide bonds. The summed E-state index contributed by atoms with van der Waals surface area (Å²) in [7, 11) is 0. The van der Waals surface area contributed by atoms with Crippen molar-refractivity contribution in [2.45, 2.75) is 18.9 Å². The Morgan fingerprint density at radius 1 is 1.19 bits per heavy atom. The Kier molecular flexibility index (Phi) is 4.10. The van der Waals surface area contributed by atoms with Gasteiger partial charge in [0, 0.05) is 24.7 Å². The monoisotopic (exact) mass is 368 g/mol. The zero-order valence-corrected chi connectivity index (χ0v) is 15.1. The highest BCUT2D eigenvalue weighted by Gasteiger charge is 2.21. The van der Waals surface area contributed by atoms with E-state index in [-0.39, 0.29) is 0 Å². The fraction of sp³-hybridized carbons (Fsp3) is 0.412. The smallest absolute Gasteiger partial charge is 0.145 e. The molecule has 0 bridgehead atoms. The molecule has 26 heavy (non-hydrogen) atoms. The first-order chi connectivity index (χ1) is 12.9. The lowest BCUT2D eigenvalue weighted by atomic mass is 10.1. The molecule has 3 aromatic rings. The van der Waals surface area contributed by atoms with Gasteiger partial charge in [0.25, 0.3) is 0 Å². The third-order valence-electron chi connectivity index (χ3n) is 4.86. The minimum absolute atomic E-state index is 0.400. The Morgan fingerprint density at radius 3 is 3.04 bits per heavy atom. The highest BCUT2D eigenvalue weighted by atomic mass is 32.2. The van der Waals surface area contributed by atoms with E-state index in [0.717, 1.165) is 65.7 Å². The average molecular weight is 368 g/mol. The van der Waals surface area contributed by atoms with E-state index in [1.807, 2.05) is 35.0 Å². The standard InChI is InChI=1S/C17H20N8S/c1-4-18-5-2-12(1)25-22-9-14(23-25)15-10-24(7-8-26-15)17-13-3-6-19-16(13)20-11-21-17/h3,6,9-12,18H,1-2,4-5,7-8H2,(H,19,20,21). The van der Waals surface area contributed by atoms with Crippen molar-refractivity contribution in [3.05, 3.63) is 36.7 Å². The number of anilines is 1. The molecule has 2 N–H and O–H groups in total. The van der Waals surface area contributed by atoms with Crippen molar-refractivity contribution >= 4 is 33.5 Å². The number of piperidine rings is 1. The predicted octanol–water partition coefficient (Wildman–Crippen LogP) is 2.03. The van der Waals surface area contributed by atoms with E-state index in [4.69, 9.17) is 5.10 Å². The maximum absolute atomic E-state index is 4.76.